The summed E-state index contributed by atoms with van der Waals surface area (Å²) in [5, 5.41) is 6.20. The Morgan fingerprint density at radius 3 is 2.18 bits per heavy atom. The molecule has 10 heteroatoms. The van der Waals surface area contributed by atoms with Crippen LogP contribution in [-0.4, -0.2) is 22.6 Å². The lowest BCUT2D eigenvalue weighted by Crippen LogP contribution is -2.17. The van der Waals surface area contributed by atoms with Crippen LogP contribution < -0.4 is 14.8 Å². The van der Waals surface area contributed by atoms with Gasteiger partial charge in [0.05, 0.1) is 18.2 Å². The number of carbonyl (C=O) groups excluding carboxylic acids is 1. The fourth-order valence-corrected chi connectivity index (χ4v) is 3.94. The second kappa shape index (κ2) is 10.3. The van der Waals surface area contributed by atoms with E-state index in [1.807, 2.05) is 5.32 Å². The number of fused-ring (bicyclic) bond motifs is 1. The minimum atomic E-state index is -1.74. The van der Waals surface area contributed by atoms with Crippen LogP contribution in [0.4, 0.5) is 23.2 Å². The number of amides is 1. The molecule has 0 aliphatic heterocycles. The molecule has 1 N–H and O–H groups in total. The summed E-state index contributed by atoms with van der Waals surface area (Å²) in [7, 11) is 1.53. The summed E-state index contributed by atoms with van der Waals surface area (Å²) in [5.41, 5.74) is -1.40. The van der Waals surface area contributed by atoms with Crippen LogP contribution >= 0.6 is 0 Å². The van der Waals surface area contributed by atoms with Crippen LogP contribution in [0.25, 0.3) is 16.6 Å². The number of benzene rings is 3. The van der Waals surface area contributed by atoms with E-state index >= 15 is 0 Å². The van der Waals surface area contributed by atoms with Crippen molar-refractivity contribution in [2.24, 2.45) is 0 Å². The monoisotopic (exact) mass is 521 g/mol. The number of hydrogen-bond acceptors (Lipinski definition) is 4. The molecule has 0 spiro atoms. The SMILES string of the molecule is COc1ccc(COc2nn3ccccc3c2C(=O)Nc2c(F)c(F)c(-c3ccccc3)c(F)c2F)cc1. The Bertz CT molecular complexity index is 1610. The average molecular weight is 521 g/mol. The third-order valence-electron chi connectivity index (χ3n) is 5.83. The number of rotatable bonds is 7. The lowest BCUT2D eigenvalue weighted by Gasteiger charge is -2.13. The van der Waals surface area contributed by atoms with Crippen molar-refractivity contribution < 1.29 is 31.8 Å². The Labute approximate surface area is 214 Å². The molecule has 0 unspecified atom stereocenters. The Kier molecular flexibility index (Phi) is 6.69. The molecule has 6 nitrogen and oxygen atoms in total. The highest BCUT2D eigenvalue weighted by Crippen LogP contribution is 2.35. The molecule has 2 heterocycles. The second-order valence-electron chi connectivity index (χ2n) is 8.17. The van der Waals surface area contributed by atoms with Crippen molar-refractivity contribution in [3.63, 3.8) is 0 Å². The zero-order valence-electron chi connectivity index (χ0n) is 19.8. The normalized spacial score (nSPS) is 11.0. The maximum atomic E-state index is 15.0. The Morgan fingerprint density at radius 1 is 0.868 bits per heavy atom. The van der Waals surface area contributed by atoms with Gasteiger partial charge in [0.25, 0.3) is 5.91 Å². The summed E-state index contributed by atoms with van der Waals surface area (Å²) >= 11 is 0. The summed E-state index contributed by atoms with van der Waals surface area (Å²) in [4.78, 5) is 13.2. The predicted molar refractivity (Wildman–Crippen MR) is 132 cm³/mol. The molecule has 5 aromatic rings. The predicted octanol–water partition coefficient (Wildman–Crippen LogP) is 6.40. The van der Waals surface area contributed by atoms with Gasteiger partial charge in [-0.25, -0.2) is 22.1 Å². The molecule has 0 aliphatic carbocycles. The van der Waals surface area contributed by atoms with Crippen LogP contribution in [0.5, 0.6) is 11.6 Å². The van der Waals surface area contributed by atoms with Crippen LogP contribution in [0.3, 0.4) is 0 Å². The first-order valence-electron chi connectivity index (χ1n) is 11.3. The molecule has 0 fully saturated rings. The summed E-state index contributed by atoms with van der Waals surface area (Å²) in [6.07, 6.45) is 1.54. The molecular weight excluding hydrogens is 502 g/mol. The van der Waals surface area contributed by atoms with Crippen LogP contribution in [0.2, 0.25) is 0 Å². The molecule has 0 saturated carbocycles. The Hall–Kier alpha value is -4.86. The van der Waals surface area contributed by atoms with E-state index in [2.05, 4.69) is 5.10 Å². The molecule has 0 bridgehead atoms. The van der Waals surface area contributed by atoms with E-state index in [-0.39, 0.29) is 29.1 Å². The number of pyridine rings is 1. The number of anilines is 1. The lowest BCUT2D eigenvalue weighted by molar-refractivity contribution is 0.102. The molecule has 38 heavy (non-hydrogen) atoms. The fraction of sp³-hybridized carbons (Fsp3) is 0.0714. The topological polar surface area (TPSA) is 64.9 Å². The van der Waals surface area contributed by atoms with E-state index in [1.54, 1.807) is 48.7 Å². The molecule has 2 aromatic heterocycles. The molecule has 3 aromatic carbocycles. The van der Waals surface area contributed by atoms with Gasteiger partial charge in [0.2, 0.25) is 5.88 Å². The number of halogens is 4. The van der Waals surface area contributed by atoms with Crippen molar-refractivity contribution in [2.45, 2.75) is 6.61 Å². The van der Waals surface area contributed by atoms with Crippen molar-refractivity contribution in [3.8, 4) is 22.8 Å². The molecule has 0 saturated heterocycles. The fourth-order valence-electron chi connectivity index (χ4n) is 3.94. The summed E-state index contributed by atoms with van der Waals surface area (Å²) in [6, 6.07) is 18.9. The standard InChI is InChI=1S/C28H19F4N3O3/c1-37-18-12-10-16(11-13-18)15-38-28-21(19-9-5-6-14-35(19)34-28)27(36)33-26-24(31)22(29)20(23(30)25(26)32)17-7-3-2-4-8-17/h2-14H,15H2,1H3,(H,33,36). The number of ether oxygens (including phenoxy) is 2. The van der Waals surface area contributed by atoms with E-state index < -0.39 is 40.4 Å². The molecule has 0 atom stereocenters. The Morgan fingerprint density at radius 2 is 1.53 bits per heavy atom. The number of carbonyl (C=O) groups is 1. The zero-order valence-corrected chi connectivity index (χ0v) is 19.8. The smallest absolute Gasteiger partial charge is 0.263 e. The van der Waals surface area contributed by atoms with Crippen molar-refractivity contribution in [1.29, 1.82) is 0 Å². The highest BCUT2D eigenvalue weighted by Gasteiger charge is 2.29. The molecule has 5 rings (SSSR count). The number of methoxy groups -OCH3 is 1. The van der Waals surface area contributed by atoms with Crippen LogP contribution in [0, 0.1) is 23.3 Å². The van der Waals surface area contributed by atoms with Crippen molar-refractivity contribution in [2.75, 3.05) is 12.4 Å². The van der Waals surface area contributed by atoms with Gasteiger partial charge in [-0.3, -0.25) is 4.79 Å². The van der Waals surface area contributed by atoms with Crippen molar-refractivity contribution in [3.05, 3.63) is 113 Å². The van der Waals surface area contributed by atoms with Crippen molar-refractivity contribution >= 4 is 17.1 Å². The number of nitrogens with one attached hydrogen (secondary N) is 1. The van der Waals surface area contributed by atoms with Gasteiger partial charge in [-0.1, -0.05) is 48.5 Å². The van der Waals surface area contributed by atoms with Gasteiger partial charge in [-0.2, -0.15) is 0 Å². The second-order valence-corrected chi connectivity index (χ2v) is 8.17. The maximum Gasteiger partial charge on any atom is 0.263 e. The lowest BCUT2D eigenvalue weighted by atomic mass is 10.0. The minimum absolute atomic E-state index is 0.00586. The van der Waals surface area contributed by atoms with Gasteiger partial charge in [0.1, 0.15) is 23.6 Å². The molecular formula is C28H19F4N3O3. The van der Waals surface area contributed by atoms with Gasteiger partial charge >= 0.3 is 0 Å². The highest BCUT2D eigenvalue weighted by atomic mass is 19.2. The molecule has 1 amide bonds. The average Bonchev–Trinajstić information content (AvgIpc) is 3.32. The molecule has 192 valence electrons. The molecule has 0 radical (unpaired) electrons. The quantitative estimate of drug-likeness (QED) is 0.199. The van der Waals surface area contributed by atoms with Crippen molar-refractivity contribution in [1.82, 2.24) is 9.61 Å². The van der Waals surface area contributed by atoms with Gasteiger partial charge in [0, 0.05) is 6.20 Å². The zero-order chi connectivity index (χ0) is 26.8. The summed E-state index contributed by atoms with van der Waals surface area (Å²) in [5.74, 6) is -7.33. The highest BCUT2D eigenvalue weighted by molar-refractivity contribution is 6.11. The number of nitrogens with zero attached hydrogens (tertiary/aromatic N) is 2. The van der Waals surface area contributed by atoms with Crippen LogP contribution in [0.1, 0.15) is 15.9 Å². The number of aromatic nitrogens is 2. The summed E-state index contributed by atoms with van der Waals surface area (Å²) in [6.45, 7) is 0.00586. The van der Waals surface area contributed by atoms with E-state index in [4.69, 9.17) is 9.47 Å². The van der Waals surface area contributed by atoms with Gasteiger partial charge < -0.3 is 14.8 Å². The third kappa shape index (κ3) is 4.52. The van der Waals surface area contributed by atoms with Crippen LogP contribution in [-0.2, 0) is 6.61 Å². The van der Waals surface area contributed by atoms with E-state index in [9.17, 15) is 22.4 Å². The first-order chi connectivity index (χ1) is 18.4. The van der Waals surface area contributed by atoms with Crippen LogP contribution in [0.15, 0.2) is 79.0 Å². The first-order valence-corrected chi connectivity index (χ1v) is 11.3. The van der Waals surface area contributed by atoms with E-state index in [0.717, 1.165) is 5.56 Å². The first kappa shape index (κ1) is 24.8. The number of hydrogen-bond donors (Lipinski definition) is 1. The van der Waals surface area contributed by atoms with E-state index in [1.165, 1.54) is 42.0 Å². The van der Waals surface area contributed by atoms with Gasteiger partial charge in [0.15, 0.2) is 23.3 Å². The summed E-state index contributed by atoms with van der Waals surface area (Å²) < 4.78 is 72.0. The van der Waals surface area contributed by atoms with Gasteiger partial charge in [-0.05, 0) is 35.4 Å². The third-order valence-corrected chi connectivity index (χ3v) is 5.83. The van der Waals surface area contributed by atoms with E-state index in [0.29, 0.717) is 5.75 Å². The Balaban J connectivity index is 1.50. The molecule has 0 aliphatic rings. The maximum absolute atomic E-state index is 15.0. The van der Waals surface area contributed by atoms with Gasteiger partial charge in [-0.15, -0.1) is 5.10 Å². The largest absolute Gasteiger partial charge is 0.497 e. The minimum Gasteiger partial charge on any atom is -0.497 e.